The summed E-state index contributed by atoms with van der Waals surface area (Å²) < 4.78 is 12.9. The molecule has 0 unspecified atom stereocenters. The Labute approximate surface area is 151 Å². The summed E-state index contributed by atoms with van der Waals surface area (Å²) >= 11 is 0. The van der Waals surface area contributed by atoms with E-state index < -0.39 is 0 Å². The summed E-state index contributed by atoms with van der Waals surface area (Å²) in [5.41, 5.74) is 4.58. The van der Waals surface area contributed by atoms with E-state index in [-0.39, 0.29) is 13.3 Å². The first kappa shape index (κ1) is 16.7. The van der Waals surface area contributed by atoms with Crippen LogP contribution in [0.5, 0.6) is 11.5 Å². The summed E-state index contributed by atoms with van der Waals surface area (Å²) in [5, 5.41) is 22.1. The van der Waals surface area contributed by atoms with Gasteiger partial charge in [0.25, 0.3) is 0 Å². The van der Waals surface area contributed by atoms with Gasteiger partial charge in [-0.2, -0.15) is 0 Å². The van der Waals surface area contributed by atoms with E-state index in [1.54, 1.807) is 18.8 Å². The van der Waals surface area contributed by atoms with E-state index >= 15 is 0 Å². The van der Waals surface area contributed by atoms with Crippen LogP contribution >= 0.6 is 0 Å². The van der Waals surface area contributed by atoms with Crippen molar-refractivity contribution in [1.82, 2.24) is 4.57 Å². The number of methoxy groups -OCH3 is 2. The second-order valence-corrected chi connectivity index (χ2v) is 6.23. The molecule has 0 saturated carbocycles. The molecule has 134 valence electrons. The highest BCUT2D eigenvalue weighted by Crippen LogP contribution is 2.39. The molecule has 26 heavy (non-hydrogen) atoms. The zero-order valence-electron chi connectivity index (χ0n) is 14.8. The summed E-state index contributed by atoms with van der Waals surface area (Å²) in [7, 11) is 3.23. The number of aliphatic hydroxyl groups is 2. The van der Waals surface area contributed by atoms with Crippen molar-refractivity contribution in [2.75, 3.05) is 14.2 Å². The molecule has 1 heterocycles. The van der Waals surface area contributed by atoms with Gasteiger partial charge in [-0.1, -0.05) is 24.3 Å². The summed E-state index contributed by atoms with van der Waals surface area (Å²) in [5.74, 6) is 1.33. The minimum Gasteiger partial charge on any atom is -0.496 e. The van der Waals surface area contributed by atoms with Crippen LogP contribution in [-0.2, 0) is 13.3 Å². The van der Waals surface area contributed by atoms with Crippen LogP contribution in [0.3, 0.4) is 0 Å². The largest absolute Gasteiger partial charge is 0.496 e. The van der Waals surface area contributed by atoms with Crippen LogP contribution in [0.2, 0.25) is 0 Å². The van der Waals surface area contributed by atoms with Crippen LogP contribution in [-0.4, -0.2) is 29.0 Å². The van der Waals surface area contributed by atoms with Crippen LogP contribution in [0.15, 0.2) is 42.0 Å². The van der Waals surface area contributed by atoms with Crippen molar-refractivity contribution in [2.24, 2.45) is 0 Å². The number of rotatable bonds is 5. The molecule has 0 aliphatic heterocycles. The van der Waals surface area contributed by atoms with E-state index in [9.17, 15) is 10.2 Å². The van der Waals surface area contributed by atoms with Gasteiger partial charge >= 0.3 is 0 Å². The van der Waals surface area contributed by atoms with Crippen LogP contribution in [0.4, 0.5) is 0 Å². The van der Waals surface area contributed by atoms with Gasteiger partial charge in [0.15, 0.2) is 0 Å². The molecule has 1 aromatic heterocycles. The molecule has 1 aromatic carbocycles. The molecule has 0 saturated heterocycles. The average Bonchev–Trinajstić information content (AvgIpc) is 3.20. The molecule has 0 amide bonds. The van der Waals surface area contributed by atoms with Crippen molar-refractivity contribution < 1.29 is 19.7 Å². The Kier molecular flexibility index (Phi) is 4.18. The Morgan fingerprint density at radius 1 is 1.08 bits per heavy atom. The summed E-state index contributed by atoms with van der Waals surface area (Å²) in [6, 6.07) is 5.61. The fraction of sp³-hybridized carbons (Fsp3) is 0.238. The van der Waals surface area contributed by atoms with Crippen LogP contribution in [0.1, 0.15) is 12.1 Å². The number of fused-ring (bicyclic) bond motifs is 2. The Balaban J connectivity index is 2.17. The van der Waals surface area contributed by atoms with E-state index in [4.69, 9.17) is 9.47 Å². The topological polar surface area (TPSA) is 63.8 Å². The number of ether oxygens (including phenoxy) is 2. The Morgan fingerprint density at radius 2 is 1.81 bits per heavy atom. The summed E-state index contributed by atoms with van der Waals surface area (Å²) in [6.45, 7) is -0.399. The van der Waals surface area contributed by atoms with Crippen molar-refractivity contribution in [2.45, 2.75) is 19.8 Å². The molecule has 0 radical (unpaired) electrons. The third-order valence-electron chi connectivity index (χ3n) is 5.05. The maximum Gasteiger partial charge on any atom is 0.130 e. The number of aromatic nitrogens is 1. The van der Waals surface area contributed by atoms with Gasteiger partial charge in [0.05, 0.1) is 37.4 Å². The predicted molar refractivity (Wildman–Crippen MR) is 100 cm³/mol. The lowest BCUT2D eigenvalue weighted by atomic mass is 10.00. The highest BCUT2D eigenvalue weighted by molar-refractivity contribution is 5.89. The summed E-state index contributed by atoms with van der Waals surface area (Å²) in [6.07, 6.45) is 9.12. The average molecular weight is 351 g/mol. The Morgan fingerprint density at radius 3 is 2.42 bits per heavy atom. The highest BCUT2D eigenvalue weighted by Gasteiger charge is 2.26. The Hall–Kier alpha value is -2.76. The van der Waals surface area contributed by atoms with Gasteiger partial charge in [-0.15, -0.1) is 0 Å². The van der Waals surface area contributed by atoms with Crippen LogP contribution in [0.25, 0.3) is 22.8 Å². The minimum atomic E-state index is -0.204. The number of aliphatic hydroxyl groups excluding tert-OH is 2. The van der Waals surface area contributed by atoms with Gasteiger partial charge < -0.3 is 24.3 Å². The van der Waals surface area contributed by atoms with Crippen LogP contribution in [0, 0.1) is 0 Å². The van der Waals surface area contributed by atoms with Gasteiger partial charge in [0.1, 0.15) is 18.2 Å². The second kappa shape index (κ2) is 6.52. The van der Waals surface area contributed by atoms with Crippen molar-refractivity contribution >= 4 is 11.6 Å². The number of benzene rings is 1. The fourth-order valence-electron chi connectivity index (χ4n) is 3.95. The third kappa shape index (κ3) is 2.25. The standard InChI is InChI=1S/C21H21NO4/c1-25-17-8-5-9-18(26-2)20(17)19-15-10-13-6-3-4-7-14(13)21(15)22(12-24)16(19)11-23/h3-6,8-10,23-24H,7,11-12H2,1-2H3. The summed E-state index contributed by atoms with van der Waals surface area (Å²) in [4.78, 5) is 0. The van der Waals surface area contributed by atoms with E-state index in [2.05, 4.69) is 18.2 Å². The van der Waals surface area contributed by atoms with Gasteiger partial charge in [0.2, 0.25) is 0 Å². The monoisotopic (exact) mass is 351 g/mol. The van der Waals surface area contributed by atoms with Crippen molar-refractivity contribution in [1.29, 1.82) is 0 Å². The molecule has 0 spiro atoms. The molecule has 0 atom stereocenters. The Bertz CT molecular complexity index is 1030. The molecule has 2 N–H and O–H groups in total. The van der Waals surface area contributed by atoms with Gasteiger partial charge in [-0.05, 0) is 35.8 Å². The fourth-order valence-corrected chi connectivity index (χ4v) is 3.95. The molecular formula is C21H21NO4. The zero-order chi connectivity index (χ0) is 18.3. The van der Waals surface area contributed by atoms with Crippen molar-refractivity contribution in [3.63, 3.8) is 0 Å². The number of nitrogens with zero attached hydrogens (tertiary/aromatic N) is 1. The SMILES string of the molecule is COc1cccc(OC)c1-c1c(CO)n(CO)c2c1=CC1=CC=CCC=21. The third-order valence-corrected chi connectivity index (χ3v) is 5.05. The van der Waals surface area contributed by atoms with Crippen molar-refractivity contribution in [3.05, 3.63) is 58.3 Å². The lowest BCUT2D eigenvalue weighted by Crippen LogP contribution is -2.29. The molecule has 4 rings (SSSR count). The first-order valence-electron chi connectivity index (χ1n) is 8.51. The van der Waals surface area contributed by atoms with Crippen molar-refractivity contribution in [3.8, 4) is 22.6 Å². The molecule has 0 bridgehead atoms. The molecule has 2 aromatic rings. The van der Waals surface area contributed by atoms with E-state index in [0.717, 1.165) is 39.3 Å². The number of allylic oxidation sites excluding steroid dienone is 4. The first-order valence-corrected chi connectivity index (χ1v) is 8.51. The quantitative estimate of drug-likeness (QED) is 0.856. The van der Waals surface area contributed by atoms with E-state index in [1.165, 1.54) is 0 Å². The maximum absolute atomic E-state index is 10.1. The van der Waals surface area contributed by atoms with Crippen LogP contribution < -0.4 is 20.0 Å². The minimum absolute atomic E-state index is 0.194. The predicted octanol–water partition coefficient (Wildman–Crippen LogP) is 1.45. The molecule has 2 aliphatic carbocycles. The molecule has 5 nitrogen and oxygen atoms in total. The smallest absolute Gasteiger partial charge is 0.130 e. The lowest BCUT2D eigenvalue weighted by Gasteiger charge is -2.15. The molecule has 5 heteroatoms. The normalized spacial score (nSPS) is 14.6. The molecule has 0 fully saturated rings. The first-order chi connectivity index (χ1) is 12.7. The number of hydrogen-bond acceptors (Lipinski definition) is 4. The second-order valence-electron chi connectivity index (χ2n) is 6.23. The molecular weight excluding hydrogens is 330 g/mol. The van der Waals surface area contributed by atoms with E-state index in [1.807, 2.05) is 24.3 Å². The number of hydrogen-bond donors (Lipinski definition) is 2. The highest BCUT2D eigenvalue weighted by atomic mass is 16.5. The lowest BCUT2D eigenvalue weighted by molar-refractivity contribution is 0.189. The van der Waals surface area contributed by atoms with Gasteiger partial charge in [0, 0.05) is 10.8 Å². The van der Waals surface area contributed by atoms with Gasteiger partial charge in [-0.3, -0.25) is 0 Å². The van der Waals surface area contributed by atoms with E-state index in [0.29, 0.717) is 17.2 Å². The zero-order valence-corrected chi connectivity index (χ0v) is 14.8. The molecule has 2 aliphatic rings. The maximum atomic E-state index is 10.1. The van der Waals surface area contributed by atoms with Gasteiger partial charge in [-0.25, -0.2) is 0 Å².